The topological polar surface area (TPSA) is 55.8 Å². The van der Waals surface area contributed by atoms with Gasteiger partial charge in [0.25, 0.3) is 0 Å². The molecule has 7 rings (SSSR count). The highest BCUT2D eigenvalue weighted by Crippen LogP contribution is 2.77. The van der Waals surface area contributed by atoms with Gasteiger partial charge in [-0.1, -0.05) is 40.3 Å². The standard InChI is InChI=1S/C30H44O4/c1-18-7-9-22(34-25(18)31)19(2)20-11-13-27(5)21(20)8-10-24-28(27,6)14-12-23-26(3,4)30(32)16-15-29(23,24)17-33-30/h7,20-24,32H,2,8-17H2,1,3-6H3/t20-,21-,22+,23+,24+,27-,28-,29-,30+/m1/s1. The van der Waals surface area contributed by atoms with E-state index in [1.165, 1.54) is 32.1 Å². The highest BCUT2D eigenvalue weighted by atomic mass is 16.6. The summed E-state index contributed by atoms with van der Waals surface area (Å²) in [4.78, 5) is 12.2. The van der Waals surface area contributed by atoms with Crippen LogP contribution in [0.5, 0.6) is 0 Å². The van der Waals surface area contributed by atoms with E-state index in [0.717, 1.165) is 43.4 Å². The second-order valence-electron chi connectivity index (χ2n) is 13.9. The summed E-state index contributed by atoms with van der Waals surface area (Å²) in [6, 6.07) is 0. The van der Waals surface area contributed by atoms with E-state index in [0.29, 0.717) is 23.7 Å². The predicted molar refractivity (Wildman–Crippen MR) is 132 cm³/mol. The van der Waals surface area contributed by atoms with E-state index >= 15 is 0 Å². The van der Waals surface area contributed by atoms with Gasteiger partial charge in [0.05, 0.1) is 6.61 Å². The lowest BCUT2D eigenvalue weighted by Gasteiger charge is -2.74. The maximum absolute atomic E-state index is 12.2. The van der Waals surface area contributed by atoms with Gasteiger partial charge in [-0.3, -0.25) is 0 Å². The Morgan fingerprint density at radius 2 is 1.74 bits per heavy atom. The molecule has 4 heteroatoms. The number of carbonyl (C=O) groups is 1. The van der Waals surface area contributed by atoms with Crippen molar-refractivity contribution in [2.75, 3.05) is 6.61 Å². The number of rotatable bonds is 2. The molecule has 0 aromatic carbocycles. The van der Waals surface area contributed by atoms with Crippen molar-refractivity contribution in [3.63, 3.8) is 0 Å². The molecule has 2 bridgehead atoms. The molecule has 3 heterocycles. The van der Waals surface area contributed by atoms with Gasteiger partial charge >= 0.3 is 5.97 Å². The highest BCUT2D eigenvalue weighted by Gasteiger charge is 2.74. The van der Waals surface area contributed by atoms with Gasteiger partial charge in [-0.05, 0) is 91.9 Å². The minimum atomic E-state index is -0.950. The molecule has 188 valence electrons. The van der Waals surface area contributed by atoms with Gasteiger partial charge in [0.1, 0.15) is 6.10 Å². The molecule has 9 atom stereocenters. The van der Waals surface area contributed by atoms with Crippen LogP contribution in [0.2, 0.25) is 0 Å². The zero-order valence-corrected chi connectivity index (χ0v) is 21.9. The summed E-state index contributed by atoms with van der Waals surface area (Å²) in [5.74, 6) is 1.11. The number of fused-ring (bicyclic) bond motifs is 5. The van der Waals surface area contributed by atoms with Crippen LogP contribution in [0.4, 0.5) is 0 Å². The second kappa shape index (κ2) is 7.00. The Kier molecular flexibility index (Phi) is 4.79. The molecule has 2 saturated heterocycles. The Balaban J connectivity index is 1.30. The Morgan fingerprint density at radius 1 is 1.00 bits per heavy atom. The first-order chi connectivity index (χ1) is 15.9. The van der Waals surface area contributed by atoms with Gasteiger partial charge in [0, 0.05) is 29.2 Å². The Bertz CT molecular complexity index is 953. The lowest BCUT2D eigenvalue weighted by molar-refractivity contribution is -0.398. The normalized spacial score (nSPS) is 53.3. The number of hydrogen-bond donors (Lipinski definition) is 1. The van der Waals surface area contributed by atoms with E-state index < -0.39 is 5.79 Å². The fourth-order valence-corrected chi connectivity index (χ4v) is 10.7. The van der Waals surface area contributed by atoms with E-state index in [-0.39, 0.29) is 33.7 Å². The summed E-state index contributed by atoms with van der Waals surface area (Å²) < 4.78 is 12.1. The molecular formula is C30H44O4. The van der Waals surface area contributed by atoms with E-state index in [1.807, 2.05) is 13.0 Å². The van der Waals surface area contributed by atoms with Gasteiger partial charge in [0.2, 0.25) is 0 Å². The van der Waals surface area contributed by atoms with Crippen molar-refractivity contribution in [1.29, 1.82) is 0 Å². The molecule has 7 aliphatic rings. The first kappa shape index (κ1) is 23.3. The first-order valence-electron chi connectivity index (χ1n) is 13.8. The smallest absolute Gasteiger partial charge is 0.333 e. The van der Waals surface area contributed by atoms with E-state index in [9.17, 15) is 9.90 Å². The predicted octanol–water partition coefficient (Wildman–Crippen LogP) is 6.19. The minimum Gasteiger partial charge on any atom is -0.454 e. The minimum absolute atomic E-state index is 0.160. The van der Waals surface area contributed by atoms with Crippen molar-refractivity contribution in [2.24, 2.45) is 45.3 Å². The third-order valence-corrected chi connectivity index (χ3v) is 12.9. The van der Waals surface area contributed by atoms with Crippen molar-refractivity contribution in [1.82, 2.24) is 0 Å². The third-order valence-electron chi connectivity index (χ3n) is 12.9. The molecule has 4 aliphatic carbocycles. The van der Waals surface area contributed by atoms with Gasteiger partial charge in [-0.15, -0.1) is 0 Å². The first-order valence-corrected chi connectivity index (χ1v) is 13.8. The van der Waals surface area contributed by atoms with Crippen molar-refractivity contribution in [3.8, 4) is 0 Å². The molecule has 3 aliphatic heterocycles. The average molecular weight is 469 g/mol. The summed E-state index contributed by atoms with van der Waals surface area (Å²) in [6.07, 6.45) is 11.9. The molecular weight excluding hydrogens is 424 g/mol. The highest BCUT2D eigenvalue weighted by molar-refractivity contribution is 5.88. The Morgan fingerprint density at radius 3 is 2.41 bits per heavy atom. The summed E-state index contributed by atoms with van der Waals surface area (Å²) in [7, 11) is 0. The number of aliphatic hydroxyl groups is 1. The van der Waals surface area contributed by atoms with Crippen LogP contribution >= 0.6 is 0 Å². The van der Waals surface area contributed by atoms with E-state index in [4.69, 9.17) is 9.47 Å². The molecule has 0 unspecified atom stereocenters. The van der Waals surface area contributed by atoms with Crippen LogP contribution in [-0.4, -0.2) is 29.6 Å². The number of cyclic esters (lactones) is 1. The molecule has 4 nitrogen and oxygen atoms in total. The SMILES string of the molecule is C=C([C@@H]1CC=C(C)C(=O)O1)[C@H]1CC[C@]2(C)[C@@H]1CC[C@@H]1[C@]34CC[C@](O)(OC3)C(C)(C)[C@@H]4CC[C@]12C. The zero-order valence-electron chi connectivity index (χ0n) is 21.9. The van der Waals surface area contributed by atoms with Crippen LogP contribution in [-0.2, 0) is 14.3 Å². The van der Waals surface area contributed by atoms with Crippen LogP contribution in [0.25, 0.3) is 0 Å². The maximum atomic E-state index is 12.2. The van der Waals surface area contributed by atoms with Crippen molar-refractivity contribution < 1.29 is 19.4 Å². The van der Waals surface area contributed by atoms with Gasteiger partial charge < -0.3 is 14.6 Å². The number of carbonyl (C=O) groups excluding carboxylic acids is 1. The monoisotopic (exact) mass is 468 g/mol. The lowest BCUT2D eigenvalue weighted by atomic mass is 9.34. The maximum Gasteiger partial charge on any atom is 0.333 e. The molecule has 1 spiro atoms. The zero-order chi connectivity index (χ0) is 24.3. The molecule has 0 amide bonds. The Labute approximate surface area is 205 Å². The van der Waals surface area contributed by atoms with Crippen LogP contribution in [0.3, 0.4) is 0 Å². The largest absolute Gasteiger partial charge is 0.454 e. The summed E-state index contributed by atoms with van der Waals surface area (Å²) in [5.41, 5.74) is 2.43. The lowest BCUT2D eigenvalue weighted by Crippen LogP contribution is -2.73. The summed E-state index contributed by atoms with van der Waals surface area (Å²) >= 11 is 0. The van der Waals surface area contributed by atoms with Gasteiger partial charge in [-0.25, -0.2) is 4.79 Å². The molecule has 0 aromatic heterocycles. The fourth-order valence-electron chi connectivity index (χ4n) is 10.7. The van der Waals surface area contributed by atoms with Gasteiger partial charge in [0.15, 0.2) is 5.79 Å². The Hall–Kier alpha value is -1.13. The average Bonchev–Trinajstić information content (AvgIpc) is 3.15. The molecule has 4 saturated carbocycles. The van der Waals surface area contributed by atoms with Crippen molar-refractivity contribution >= 4 is 5.97 Å². The van der Waals surface area contributed by atoms with E-state index in [2.05, 4.69) is 34.3 Å². The van der Waals surface area contributed by atoms with Crippen molar-refractivity contribution in [2.45, 2.75) is 104 Å². The van der Waals surface area contributed by atoms with Crippen molar-refractivity contribution in [3.05, 3.63) is 23.8 Å². The molecule has 1 N–H and O–H groups in total. The molecule has 6 fully saturated rings. The summed E-state index contributed by atoms with van der Waals surface area (Å²) in [5, 5.41) is 11.3. The molecule has 0 aromatic rings. The van der Waals surface area contributed by atoms with Crippen LogP contribution in [0.15, 0.2) is 23.8 Å². The fraction of sp³-hybridized carbons (Fsp3) is 0.833. The number of esters is 1. The second-order valence-corrected chi connectivity index (χ2v) is 13.9. The molecule has 34 heavy (non-hydrogen) atoms. The quantitative estimate of drug-likeness (QED) is 0.388. The van der Waals surface area contributed by atoms with Crippen LogP contribution in [0, 0.1) is 45.3 Å². The third kappa shape index (κ3) is 2.60. The summed E-state index contributed by atoms with van der Waals surface area (Å²) in [6.45, 7) is 16.8. The number of hydrogen-bond acceptors (Lipinski definition) is 4. The van der Waals surface area contributed by atoms with E-state index in [1.54, 1.807) is 0 Å². The number of ether oxygens (including phenoxy) is 2. The van der Waals surface area contributed by atoms with Crippen LogP contribution < -0.4 is 0 Å². The molecule has 0 radical (unpaired) electrons. The van der Waals surface area contributed by atoms with Gasteiger partial charge in [-0.2, -0.15) is 0 Å². The van der Waals surface area contributed by atoms with Crippen LogP contribution in [0.1, 0.15) is 92.4 Å².